The summed E-state index contributed by atoms with van der Waals surface area (Å²) in [4.78, 5) is 9.88. The third-order valence-corrected chi connectivity index (χ3v) is 4.56. The summed E-state index contributed by atoms with van der Waals surface area (Å²) in [5.41, 5.74) is 0.321. The molecule has 0 aromatic heterocycles. The van der Waals surface area contributed by atoms with E-state index >= 15 is 0 Å². The molecule has 0 aromatic carbocycles. The van der Waals surface area contributed by atoms with Crippen LogP contribution in [0.15, 0.2) is 0 Å². The van der Waals surface area contributed by atoms with E-state index in [-0.39, 0.29) is 0 Å². The van der Waals surface area contributed by atoms with Gasteiger partial charge in [-0.25, -0.2) is 0 Å². The minimum Gasteiger partial charge on any atom is -0.381 e. The lowest BCUT2D eigenvalue weighted by Gasteiger charge is -2.08. The highest BCUT2D eigenvalue weighted by atomic mass is 33.1. The van der Waals surface area contributed by atoms with Gasteiger partial charge in [-0.3, -0.25) is 4.79 Å². The monoisotopic (exact) mass is 212 g/mol. The Hall–Kier alpha value is 0.680. The molecular formula is C6H12O2S3. The molecule has 0 fully saturated rings. The van der Waals surface area contributed by atoms with E-state index in [9.17, 15) is 9.90 Å². The molecule has 2 nitrogen and oxygen atoms in total. The average Bonchev–Trinajstić information content (AvgIpc) is 1.97. The summed E-state index contributed by atoms with van der Waals surface area (Å²) < 4.78 is 0. The second kappa shape index (κ2) is 7.34. The molecular weight excluding hydrogens is 200 g/mol. The molecule has 11 heavy (non-hydrogen) atoms. The van der Waals surface area contributed by atoms with Crippen molar-refractivity contribution in [2.75, 3.05) is 5.75 Å². The van der Waals surface area contributed by atoms with Crippen LogP contribution in [0.1, 0.15) is 13.8 Å². The van der Waals surface area contributed by atoms with Crippen molar-refractivity contribution in [1.82, 2.24) is 0 Å². The van der Waals surface area contributed by atoms with Crippen molar-refractivity contribution >= 4 is 39.0 Å². The zero-order valence-corrected chi connectivity index (χ0v) is 8.97. The van der Waals surface area contributed by atoms with E-state index in [4.69, 9.17) is 0 Å². The molecule has 0 aromatic rings. The molecule has 0 aliphatic heterocycles. The van der Waals surface area contributed by atoms with Crippen LogP contribution in [0, 0.1) is 0 Å². The molecule has 66 valence electrons. The van der Waals surface area contributed by atoms with Crippen LogP contribution in [0.25, 0.3) is 0 Å². The maximum atomic E-state index is 9.88. The lowest BCUT2D eigenvalue weighted by Crippen LogP contribution is -2.03. The molecule has 0 spiro atoms. The molecule has 1 atom stereocenters. The van der Waals surface area contributed by atoms with Gasteiger partial charge in [0.25, 0.3) is 0 Å². The van der Waals surface area contributed by atoms with Gasteiger partial charge in [-0.2, -0.15) is 0 Å². The second-order valence-electron chi connectivity index (χ2n) is 2.13. The first-order chi connectivity index (χ1) is 5.16. The minimum absolute atomic E-state index is 0.433. The predicted octanol–water partition coefficient (Wildman–Crippen LogP) is 2.02. The molecule has 0 bridgehead atoms. The first-order valence-electron chi connectivity index (χ1n) is 3.22. The van der Waals surface area contributed by atoms with E-state index in [2.05, 4.69) is 13.8 Å². The Bertz CT molecular complexity index is 108. The molecule has 0 radical (unpaired) electrons. The highest BCUT2D eigenvalue weighted by molar-refractivity contribution is 8.77. The molecule has 0 heterocycles. The van der Waals surface area contributed by atoms with E-state index < -0.39 is 5.44 Å². The van der Waals surface area contributed by atoms with Gasteiger partial charge >= 0.3 is 0 Å². The van der Waals surface area contributed by atoms with Crippen molar-refractivity contribution in [3.05, 3.63) is 0 Å². The highest BCUT2D eigenvalue weighted by Crippen LogP contribution is 2.30. The van der Waals surface area contributed by atoms with Gasteiger partial charge in [0.15, 0.2) is 5.62 Å². The number of carbonyl (C=O) groups excluding carboxylic acids is 1. The number of hydrogen-bond acceptors (Lipinski definition) is 5. The van der Waals surface area contributed by atoms with E-state index in [1.54, 1.807) is 10.8 Å². The summed E-state index contributed by atoms with van der Waals surface area (Å²) in [7, 11) is 3.04. The molecule has 1 unspecified atom stereocenters. The number of aliphatic hydroxyl groups is 1. The van der Waals surface area contributed by atoms with Crippen LogP contribution in [-0.2, 0) is 4.79 Å². The van der Waals surface area contributed by atoms with Gasteiger partial charge < -0.3 is 5.11 Å². The van der Waals surface area contributed by atoms with Crippen molar-refractivity contribution < 1.29 is 9.90 Å². The smallest absolute Gasteiger partial charge is 0.176 e. The van der Waals surface area contributed by atoms with Crippen molar-refractivity contribution in [1.29, 1.82) is 0 Å². The van der Waals surface area contributed by atoms with Crippen LogP contribution in [0.5, 0.6) is 0 Å². The number of aliphatic hydroxyl groups excluding tert-OH is 1. The number of carbonyl (C=O) groups is 1. The average molecular weight is 212 g/mol. The Morgan fingerprint density at radius 3 is 2.55 bits per heavy atom. The van der Waals surface area contributed by atoms with Crippen LogP contribution in [0.2, 0.25) is 0 Å². The fourth-order valence-corrected chi connectivity index (χ4v) is 2.93. The first kappa shape index (κ1) is 11.7. The quantitative estimate of drug-likeness (QED) is 0.414. The number of thioether (sulfide) groups is 1. The van der Waals surface area contributed by atoms with Gasteiger partial charge in [0.2, 0.25) is 0 Å². The van der Waals surface area contributed by atoms with Crippen molar-refractivity contribution in [2.45, 2.75) is 24.5 Å². The Morgan fingerprint density at radius 1 is 1.45 bits per heavy atom. The minimum atomic E-state index is -0.433. The van der Waals surface area contributed by atoms with Crippen LogP contribution in [0.3, 0.4) is 0 Å². The summed E-state index contributed by atoms with van der Waals surface area (Å²) in [5, 5.41) is 9.70. The lowest BCUT2D eigenvalue weighted by atomic mass is 10.6. The van der Waals surface area contributed by atoms with E-state index in [1.807, 2.05) is 0 Å². The molecule has 0 aliphatic carbocycles. The first-order valence-corrected chi connectivity index (χ1v) is 6.54. The van der Waals surface area contributed by atoms with Gasteiger partial charge in [-0.15, -0.1) is 0 Å². The fourth-order valence-electron chi connectivity index (χ4n) is 0.325. The Balaban J connectivity index is 3.21. The van der Waals surface area contributed by atoms with Crippen molar-refractivity contribution in [3.8, 4) is 0 Å². The standard InChI is InChI=1S/C6H12O2S3/c1-5(2)10-11-6(8)3-9-4-7/h4-6,8H,3H2,1-2H3. The van der Waals surface area contributed by atoms with Gasteiger partial charge in [0.1, 0.15) is 5.44 Å². The Morgan fingerprint density at radius 2 is 2.09 bits per heavy atom. The largest absolute Gasteiger partial charge is 0.381 e. The molecule has 0 aliphatic rings. The van der Waals surface area contributed by atoms with Gasteiger partial charge in [0.05, 0.1) is 0 Å². The molecule has 0 rings (SSSR count). The fraction of sp³-hybridized carbons (Fsp3) is 0.833. The van der Waals surface area contributed by atoms with Gasteiger partial charge in [-0.05, 0) is 0 Å². The third kappa shape index (κ3) is 8.59. The highest BCUT2D eigenvalue weighted by Gasteiger charge is 2.05. The van der Waals surface area contributed by atoms with Crippen LogP contribution >= 0.6 is 33.3 Å². The summed E-state index contributed by atoms with van der Waals surface area (Å²) in [6.45, 7) is 4.13. The van der Waals surface area contributed by atoms with Gasteiger partial charge in [0, 0.05) is 11.0 Å². The molecule has 0 amide bonds. The summed E-state index contributed by atoms with van der Waals surface area (Å²) in [6, 6.07) is 0. The lowest BCUT2D eigenvalue weighted by molar-refractivity contribution is 0.290. The second-order valence-corrected chi connectivity index (χ2v) is 6.01. The summed E-state index contributed by atoms with van der Waals surface area (Å²) >= 11 is 1.10. The molecule has 1 N–H and O–H groups in total. The van der Waals surface area contributed by atoms with Gasteiger partial charge in [-0.1, -0.05) is 47.2 Å². The normalized spacial score (nSPS) is 13.5. The predicted molar refractivity (Wildman–Crippen MR) is 55.5 cm³/mol. The SMILES string of the molecule is CC(C)SSC(O)CSC=O. The zero-order valence-electron chi connectivity index (χ0n) is 6.52. The molecule has 0 saturated carbocycles. The van der Waals surface area contributed by atoms with E-state index in [0.717, 1.165) is 17.4 Å². The molecule has 0 saturated heterocycles. The number of rotatable bonds is 6. The summed E-state index contributed by atoms with van der Waals surface area (Å²) in [6.07, 6.45) is 0. The summed E-state index contributed by atoms with van der Waals surface area (Å²) in [5.74, 6) is 0.480. The third-order valence-electron chi connectivity index (χ3n) is 0.666. The van der Waals surface area contributed by atoms with E-state index in [0.29, 0.717) is 11.0 Å². The zero-order chi connectivity index (χ0) is 8.69. The van der Waals surface area contributed by atoms with Crippen molar-refractivity contribution in [3.63, 3.8) is 0 Å². The maximum absolute atomic E-state index is 9.88. The van der Waals surface area contributed by atoms with E-state index in [1.165, 1.54) is 10.8 Å². The van der Waals surface area contributed by atoms with Crippen LogP contribution < -0.4 is 0 Å². The van der Waals surface area contributed by atoms with Crippen LogP contribution in [0.4, 0.5) is 0 Å². The Labute approximate surface area is 79.3 Å². The Kier molecular flexibility index (Phi) is 7.79. The van der Waals surface area contributed by atoms with Crippen LogP contribution in [-0.4, -0.2) is 27.2 Å². The molecule has 5 heteroatoms. The maximum Gasteiger partial charge on any atom is 0.176 e. The van der Waals surface area contributed by atoms with Crippen molar-refractivity contribution in [2.24, 2.45) is 0 Å². The number of hydrogen-bond donors (Lipinski definition) is 1. The topological polar surface area (TPSA) is 37.3 Å².